The molecule has 0 spiro atoms. The lowest BCUT2D eigenvalue weighted by atomic mass is 9.85. The summed E-state index contributed by atoms with van der Waals surface area (Å²) in [4.78, 5) is 12.4. The highest BCUT2D eigenvalue weighted by Crippen LogP contribution is 2.39. The van der Waals surface area contributed by atoms with E-state index in [1.165, 1.54) is 42.2 Å². The molecular weight excluding hydrogens is 553 g/mol. The Hall–Kier alpha value is -2.36. The van der Waals surface area contributed by atoms with Crippen LogP contribution < -0.4 is 0 Å². The van der Waals surface area contributed by atoms with Gasteiger partial charge in [0, 0.05) is 49.5 Å². The molecule has 0 radical (unpaired) electrons. The predicted octanol–water partition coefficient (Wildman–Crippen LogP) is 6.38. The van der Waals surface area contributed by atoms with Crippen LogP contribution in [0.15, 0.2) is 45.6 Å². The van der Waals surface area contributed by atoms with Crippen molar-refractivity contribution in [2.24, 2.45) is 4.99 Å². The summed E-state index contributed by atoms with van der Waals surface area (Å²) in [6, 6.07) is 4.75. The Morgan fingerprint density at radius 3 is 2.28 bits per heavy atom. The number of phenols is 1. The number of halogens is 3. The number of aromatic hydroxyl groups is 1. The van der Waals surface area contributed by atoms with Gasteiger partial charge >= 0.3 is 6.18 Å². The van der Waals surface area contributed by atoms with Gasteiger partial charge in [-0.2, -0.15) is 13.2 Å². The molecule has 9 heteroatoms. The van der Waals surface area contributed by atoms with E-state index in [1.807, 2.05) is 6.92 Å². The van der Waals surface area contributed by atoms with Gasteiger partial charge in [-0.05, 0) is 126 Å². The van der Waals surface area contributed by atoms with Crippen LogP contribution in [0.25, 0.3) is 0 Å². The molecule has 0 aromatic heterocycles. The molecule has 0 bridgehead atoms. The van der Waals surface area contributed by atoms with E-state index in [-0.39, 0.29) is 6.10 Å². The minimum Gasteiger partial charge on any atom is -0.507 e. The van der Waals surface area contributed by atoms with E-state index in [1.54, 1.807) is 7.05 Å². The van der Waals surface area contributed by atoms with Crippen LogP contribution in [0.1, 0.15) is 89.7 Å². The maximum atomic E-state index is 13.3. The van der Waals surface area contributed by atoms with Crippen molar-refractivity contribution in [3.63, 3.8) is 0 Å². The molecule has 5 rings (SSSR count). The Kier molecular flexibility index (Phi) is 9.93. The number of allylic oxidation sites excluding steroid dienone is 3. The van der Waals surface area contributed by atoms with Crippen molar-refractivity contribution in [2.75, 3.05) is 39.8 Å². The lowest BCUT2D eigenvalue weighted by molar-refractivity contribution is -0.137. The summed E-state index contributed by atoms with van der Waals surface area (Å²) in [6.07, 6.45) is 4.72. The second-order valence-corrected chi connectivity index (χ2v) is 13.0. The van der Waals surface area contributed by atoms with E-state index in [2.05, 4.69) is 33.5 Å². The molecule has 238 valence electrons. The molecule has 1 atom stereocenters. The van der Waals surface area contributed by atoms with E-state index >= 15 is 0 Å². The first-order chi connectivity index (χ1) is 20.5. The second kappa shape index (κ2) is 13.3. The van der Waals surface area contributed by atoms with E-state index in [4.69, 9.17) is 0 Å². The van der Waals surface area contributed by atoms with Crippen LogP contribution in [0.3, 0.4) is 0 Å². The fourth-order valence-corrected chi connectivity index (χ4v) is 7.81. The van der Waals surface area contributed by atoms with Crippen molar-refractivity contribution in [3.05, 3.63) is 51.7 Å². The minimum atomic E-state index is -4.52. The van der Waals surface area contributed by atoms with Crippen molar-refractivity contribution in [1.29, 1.82) is 0 Å². The van der Waals surface area contributed by atoms with Crippen LogP contribution in [-0.2, 0) is 6.18 Å². The van der Waals surface area contributed by atoms with Gasteiger partial charge in [-0.25, -0.2) is 0 Å². The average Bonchev–Trinajstić information content (AvgIpc) is 2.99. The molecule has 4 fully saturated rings. The summed E-state index contributed by atoms with van der Waals surface area (Å²) in [5, 5.41) is 20.4. The number of rotatable bonds is 6. The zero-order chi connectivity index (χ0) is 30.9. The Morgan fingerprint density at radius 1 is 0.953 bits per heavy atom. The predicted molar refractivity (Wildman–Crippen MR) is 165 cm³/mol. The Morgan fingerprint density at radius 2 is 1.67 bits per heavy atom. The zero-order valence-electron chi connectivity index (χ0n) is 26.3. The lowest BCUT2D eigenvalue weighted by Crippen LogP contribution is -2.56. The molecule has 1 unspecified atom stereocenters. The fourth-order valence-electron chi connectivity index (χ4n) is 7.81. The molecule has 1 aromatic carbocycles. The molecule has 0 amide bonds. The van der Waals surface area contributed by atoms with Crippen molar-refractivity contribution in [2.45, 2.75) is 109 Å². The summed E-state index contributed by atoms with van der Waals surface area (Å²) < 4.78 is 39.8. The number of hydrogen-bond donors (Lipinski definition) is 2. The number of piperidine rings is 3. The number of alkyl halides is 3. The Bertz CT molecular complexity index is 1240. The summed E-state index contributed by atoms with van der Waals surface area (Å²) in [6.45, 7) is 11.8. The first-order valence-corrected chi connectivity index (χ1v) is 16.2. The smallest absolute Gasteiger partial charge is 0.416 e. The molecule has 1 aliphatic carbocycles. The number of likely N-dealkylation sites (tertiary alicyclic amines) is 3. The van der Waals surface area contributed by atoms with Crippen LogP contribution in [0, 0.1) is 0 Å². The number of aliphatic hydroxyl groups excluding tert-OH is 1. The van der Waals surface area contributed by atoms with Gasteiger partial charge in [-0.15, -0.1) is 0 Å². The van der Waals surface area contributed by atoms with E-state index in [9.17, 15) is 23.4 Å². The molecule has 2 N–H and O–H groups in total. The van der Waals surface area contributed by atoms with Crippen LogP contribution in [0.2, 0.25) is 0 Å². The topological polar surface area (TPSA) is 62.5 Å². The van der Waals surface area contributed by atoms with Crippen molar-refractivity contribution in [3.8, 4) is 5.75 Å². The minimum absolute atomic E-state index is 0.105. The highest BCUT2D eigenvalue weighted by molar-refractivity contribution is 6.14. The van der Waals surface area contributed by atoms with Crippen molar-refractivity contribution in [1.82, 2.24) is 14.7 Å². The van der Waals surface area contributed by atoms with Gasteiger partial charge in [0.2, 0.25) is 0 Å². The Balaban J connectivity index is 1.36. The summed E-state index contributed by atoms with van der Waals surface area (Å²) in [5.41, 5.74) is 4.71. The number of aliphatic hydroxyl groups is 1. The zero-order valence-corrected chi connectivity index (χ0v) is 26.3. The number of aliphatic imine (C=N–C) groups is 1. The maximum absolute atomic E-state index is 13.3. The number of phenolic OH excluding ortho intramolecular Hbond substituents is 1. The quantitative estimate of drug-likeness (QED) is 0.370. The number of nitrogens with zero attached hydrogens (tertiary/aromatic N) is 4. The molecule has 1 aromatic rings. The first-order valence-electron chi connectivity index (χ1n) is 16.2. The molecule has 1 saturated carbocycles. The third-order valence-electron chi connectivity index (χ3n) is 10.4. The second-order valence-electron chi connectivity index (χ2n) is 13.0. The summed E-state index contributed by atoms with van der Waals surface area (Å²) in [7, 11) is 1.64. The maximum Gasteiger partial charge on any atom is 0.416 e. The molecule has 6 nitrogen and oxygen atoms in total. The van der Waals surface area contributed by atoms with Crippen molar-refractivity contribution >= 4 is 5.71 Å². The largest absolute Gasteiger partial charge is 0.507 e. The lowest BCUT2D eigenvalue weighted by Gasteiger charge is -2.49. The van der Waals surface area contributed by atoms with Crippen LogP contribution in [0.4, 0.5) is 13.2 Å². The molecule has 3 heterocycles. The van der Waals surface area contributed by atoms with Gasteiger partial charge in [0.25, 0.3) is 0 Å². The van der Waals surface area contributed by atoms with Crippen LogP contribution >= 0.6 is 0 Å². The molecule has 3 saturated heterocycles. The van der Waals surface area contributed by atoms with Gasteiger partial charge < -0.3 is 20.0 Å². The Labute approximate surface area is 255 Å². The van der Waals surface area contributed by atoms with Crippen molar-refractivity contribution < 1.29 is 23.4 Å². The van der Waals surface area contributed by atoms with Gasteiger partial charge in [0.15, 0.2) is 0 Å². The third kappa shape index (κ3) is 6.84. The monoisotopic (exact) mass is 602 g/mol. The van der Waals surface area contributed by atoms with Crippen LogP contribution in [0.5, 0.6) is 5.75 Å². The normalized spacial score (nSPS) is 29.4. The third-order valence-corrected chi connectivity index (χ3v) is 10.4. The fraction of sp³-hybridized carbons (Fsp3) is 0.676. The van der Waals surface area contributed by atoms with Gasteiger partial charge in [-0.1, -0.05) is 6.92 Å². The number of hydrogen-bond acceptors (Lipinski definition) is 6. The van der Waals surface area contributed by atoms with Gasteiger partial charge in [0.1, 0.15) is 5.75 Å². The van der Waals surface area contributed by atoms with E-state index < -0.39 is 17.5 Å². The summed E-state index contributed by atoms with van der Waals surface area (Å²) >= 11 is 0. The molecule has 4 aliphatic rings. The first kappa shape index (κ1) is 32.0. The summed E-state index contributed by atoms with van der Waals surface area (Å²) in [5.74, 6) is -0.400. The molecular formula is C34H49F3N4O2. The standard InChI is InChI=1S/C34H49F3N4O2/c1-5-22(2)33-29(23(3)32(38-4)30-11-10-24(18-31(30)43)34(35,36)37)9-7-15-41(33)26-8-6-14-40(21-26)25-12-16-39(17-13-25)27-19-28(42)20-27/h10-11,18,25-28,42-43H,5-9,12-17,19-21H2,1-4H3/b29-23-,33-22-,38-32+. The molecule has 3 aliphatic heterocycles. The number of benzene rings is 1. The van der Waals surface area contributed by atoms with E-state index in [0.717, 1.165) is 89.0 Å². The van der Waals surface area contributed by atoms with E-state index in [0.29, 0.717) is 29.4 Å². The highest BCUT2D eigenvalue weighted by atomic mass is 19.4. The highest BCUT2D eigenvalue weighted by Gasteiger charge is 2.38. The molecule has 43 heavy (non-hydrogen) atoms. The van der Waals surface area contributed by atoms with Crippen LogP contribution in [-0.4, -0.2) is 94.6 Å². The van der Waals surface area contributed by atoms with Gasteiger partial charge in [0.05, 0.1) is 17.4 Å². The average molecular weight is 603 g/mol. The SMILES string of the molecule is CC/C(C)=C1/C(=C(C)\C(=N/C)c2ccc(C(F)(F)F)cc2O)CCCN1C1CCCN(C2CCN(C3CC(O)C3)CC2)C1. The van der Waals surface area contributed by atoms with Gasteiger partial charge in [-0.3, -0.25) is 9.89 Å².